The van der Waals surface area contributed by atoms with Crippen LogP contribution in [0.4, 0.5) is 11.6 Å². The van der Waals surface area contributed by atoms with Crippen molar-refractivity contribution in [3.8, 4) is 23.1 Å². The smallest absolute Gasteiger partial charge is 0.254 e. The summed E-state index contributed by atoms with van der Waals surface area (Å²) >= 11 is 6.39. The van der Waals surface area contributed by atoms with Crippen molar-refractivity contribution >= 4 is 29.1 Å². The van der Waals surface area contributed by atoms with E-state index in [9.17, 15) is 4.79 Å². The number of morpholine rings is 1. The summed E-state index contributed by atoms with van der Waals surface area (Å²) < 4.78 is 12.6. The number of nitriles is 1. The van der Waals surface area contributed by atoms with Crippen LogP contribution in [0.3, 0.4) is 0 Å². The Bertz CT molecular complexity index is 1260. The highest BCUT2D eigenvalue weighted by molar-refractivity contribution is 6.32. The van der Waals surface area contributed by atoms with E-state index in [1.54, 1.807) is 34.0 Å². The summed E-state index contributed by atoms with van der Waals surface area (Å²) in [5, 5.41) is 17.0. The molecule has 0 atom stereocenters. The lowest BCUT2D eigenvalue weighted by molar-refractivity contribution is 0.0302. The first-order chi connectivity index (χ1) is 16.8. The zero-order chi connectivity index (χ0) is 25.0. The Kier molecular flexibility index (Phi) is 7.19. The fraction of sp³-hybridized carbons (Fsp3) is 0.375. The molecule has 0 unspecified atom stereocenters. The Morgan fingerprint density at radius 1 is 1.31 bits per heavy atom. The maximum Gasteiger partial charge on any atom is 0.254 e. The van der Waals surface area contributed by atoms with E-state index >= 15 is 0 Å². The lowest BCUT2D eigenvalue weighted by Crippen LogP contribution is -2.40. The van der Waals surface area contributed by atoms with Gasteiger partial charge >= 0.3 is 0 Å². The molecule has 11 heteroatoms. The van der Waals surface area contributed by atoms with Gasteiger partial charge in [0.25, 0.3) is 5.91 Å². The quantitative estimate of drug-likeness (QED) is 0.524. The number of anilines is 2. The van der Waals surface area contributed by atoms with Crippen molar-refractivity contribution in [3.05, 3.63) is 47.4 Å². The van der Waals surface area contributed by atoms with Gasteiger partial charge in [-0.3, -0.25) is 9.48 Å². The molecule has 0 aliphatic carbocycles. The third-order valence-corrected chi connectivity index (χ3v) is 6.00. The van der Waals surface area contributed by atoms with E-state index in [-0.39, 0.29) is 5.91 Å². The van der Waals surface area contributed by atoms with E-state index in [1.165, 1.54) is 13.3 Å². The first-order valence-electron chi connectivity index (χ1n) is 11.1. The number of halogens is 1. The summed E-state index contributed by atoms with van der Waals surface area (Å²) in [7, 11) is 1.54. The number of rotatable bonds is 7. The zero-order valence-corrected chi connectivity index (χ0v) is 20.5. The number of nitrogens with one attached hydrogen (secondary N) is 1. The molecule has 3 aromatic rings. The van der Waals surface area contributed by atoms with Crippen LogP contribution in [0.2, 0.25) is 5.02 Å². The molecule has 3 heterocycles. The molecule has 10 nitrogen and oxygen atoms in total. The summed E-state index contributed by atoms with van der Waals surface area (Å²) in [6, 6.07) is 7.37. The van der Waals surface area contributed by atoms with Crippen LogP contribution in [0, 0.1) is 11.3 Å². The van der Waals surface area contributed by atoms with Crippen LogP contribution in [0.25, 0.3) is 11.3 Å². The number of amides is 1. The number of benzene rings is 1. The topological polar surface area (TPSA) is 118 Å². The molecule has 0 spiro atoms. The van der Waals surface area contributed by atoms with Gasteiger partial charge in [-0.1, -0.05) is 11.6 Å². The minimum Gasteiger partial charge on any atom is -0.495 e. The Morgan fingerprint density at radius 2 is 2.09 bits per heavy atom. The lowest BCUT2D eigenvalue weighted by atomic mass is 10.0. The van der Waals surface area contributed by atoms with E-state index in [1.807, 2.05) is 20.0 Å². The predicted octanol–water partition coefficient (Wildman–Crippen LogP) is 3.87. The molecule has 1 amide bonds. The minimum atomic E-state index is -0.471. The van der Waals surface area contributed by atoms with Crippen molar-refractivity contribution in [2.24, 2.45) is 0 Å². The van der Waals surface area contributed by atoms with Gasteiger partial charge in [0.1, 0.15) is 5.75 Å². The molecule has 0 saturated carbocycles. The Hall–Kier alpha value is -3.68. The van der Waals surface area contributed by atoms with Crippen LogP contribution in [0.5, 0.6) is 5.75 Å². The van der Waals surface area contributed by atoms with Gasteiger partial charge in [-0.15, -0.1) is 0 Å². The normalized spacial score (nSPS) is 13.9. The highest BCUT2D eigenvalue weighted by atomic mass is 35.5. The molecule has 35 heavy (non-hydrogen) atoms. The molecule has 1 N–H and O–H groups in total. The van der Waals surface area contributed by atoms with Gasteiger partial charge in [-0.25, -0.2) is 9.97 Å². The highest BCUT2D eigenvalue weighted by Crippen LogP contribution is 2.31. The number of methoxy groups -OCH3 is 1. The third-order valence-electron chi connectivity index (χ3n) is 5.73. The van der Waals surface area contributed by atoms with Gasteiger partial charge < -0.3 is 19.7 Å². The molecular formula is C24H26ClN7O3. The number of aromatic nitrogens is 4. The van der Waals surface area contributed by atoms with Crippen molar-refractivity contribution < 1.29 is 14.3 Å². The van der Waals surface area contributed by atoms with Gasteiger partial charge in [0.05, 0.1) is 67.2 Å². The van der Waals surface area contributed by atoms with Crippen molar-refractivity contribution in [1.82, 2.24) is 24.6 Å². The average Bonchev–Trinajstić information content (AvgIpc) is 3.37. The Balaban J connectivity index is 1.57. The molecule has 1 aromatic carbocycles. The summed E-state index contributed by atoms with van der Waals surface area (Å²) in [6.07, 6.45) is 5.28. The Morgan fingerprint density at radius 3 is 2.80 bits per heavy atom. The molecule has 182 valence electrons. The summed E-state index contributed by atoms with van der Waals surface area (Å²) in [6.45, 7) is 6.06. The van der Waals surface area contributed by atoms with Crippen LogP contribution in [-0.2, 0) is 10.3 Å². The van der Waals surface area contributed by atoms with Crippen LogP contribution < -0.4 is 10.1 Å². The summed E-state index contributed by atoms with van der Waals surface area (Å²) in [5.41, 5.74) is 1.86. The predicted molar refractivity (Wildman–Crippen MR) is 131 cm³/mol. The zero-order valence-electron chi connectivity index (χ0n) is 19.8. The number of carbonyl (C=O) groups excluding carboxylic acids is 1. The molecule has 4 rings (SSSR count). The summed E-state index contributed by atoms with van der Waals surface area (Å²) in [4.78, 5) is 23.4. The number of carbonyl (C=O) groups is 1. The van der Waals surface area contributed by atoms with Crippen molar-refractivity contribution in [2.75, 3.05) is 38.7 Å². The fourth-order valence-electron chi connectivity index (χ4n) is 3.68. The SMILES string of the molecule is COc1cc(C(=O)N2CCOCC2)ccc1Nc1ncc(Cl)c(-c2cnn(C(C)(C)CC#N)c2)n1. The highest BCUT2D eigenvalue weighted by Gasteiger charge is 2.23. The molecular weight excluding hydrogens is 470 g/mol. The van der Waals surface area contributed by atoms with Crippen molar-refractivity contribution in [1.29, 1.82) is 5.26 Å². The standard InChI is InChI=1S/C24H26ClN7O3/c1-24(2,6-7-26)32-15-17(13-28-32)21-18(25)14-27-23(30-21)29-19-5-4-16(12-20(19)34-3)22(33)31-8-10-35-11-9-31/h4-5,12-15H,6,8-11H2,1-3H3,(H,27,29,30). The number of nitrogens with zero attached hydrogens (tertiary/aromatic N) is 6. The van der Waals surface area contributed by atoms with Crippen LogP contribution >= 0.6 is 11.6 Å². The number of hydrogen-bond donors (Lipinski definition) is 1. The van der Waals surface area contributed by atoms with E-state index in [4.69, 9.17) is 26.3 Å². The molecule has 1 aliphatic heterocycles. The second-order valence-electron chi connectivity index (χ2n) is 8.66. The van der Waals surface area contributed by atoms with Crippen LogP contribution in [0.15, 0.2) is 36.8 Å². The summed E-state index contributed by atoms with van der Waals surface area (Å²) in [5.74, 6) is 0.716. The molecule has 0 radical (unpaired) electrons. The minimum absolute atomic E-state index is 0.0699. The second kappa shape index (κ2) is 10.3. The van der Waals surface area contributed by atoms with E-state index in [0.717, 1.165) is 0 Å². The van der Waals surface area contributed by atoms with Crippen molar-refractivity contribution in [2.45, 2.75) is 25.8 Å². The van der Waals surface area contributed by atoms with E-state index in [2.05, 4.69) is 26.5 Å². The van der Waals surface area contributed by atoms with Crippen LogP contribution in [-0.4, -0.2) is 64.0 Å². The number of hydrogen-bond acceptors (Lipinski definition) is 8. The van der Waals surface area contributed by atoms with Gasteiger partial charge in [-0.05, 0) is 32.0 Å². The van der Waals surface area contributed by atoms with Gasteiger partial charge in [0, 0.05) is 30.4 Å². The third kappa shape index (κ3) is 5.37. The van der Waals surface area contributed by atoms with E-state index < -0.39 is 5.54 Å². The van der Waals surface area contributed by atoms with Gasteiger partial charge in [-0.2, -0.15) is 10.4 Å². The van der Waals surface area contributed by atoms with Gasteiger partial charge in [0.15, 0.2) is 0 Å². The molecule has 0 bridgehead atoms. The van der Waals surface area contributed by atoms with Crippen LogP contribution in [0.1, 0.15) is 30.6 Å². The maximum absolute atomic E-state index is 12.8. The first kappa shape index (κ1) is 24.4. The van der Waals surface area contributed by atoms with E-state index in [0.29, 0.717) is 72.0 Å². The molecule has 1 aliphatic rings. The average molecular weight is 496 g/mol. The molecule has 1 saturated heterocycles. The van der Waals surface area contributed by atoms with Crippen molar-refractivity contribution in [3.63, 3.8) is 0 Å². The number of ether oxygens (including phenoxy) is 2. The monoisotopic (exact) mass is 495 g/mol. The van der Waals surface area contributed by atoms with Gasteiger partial charge in [0.2, 0.25) is 5.95 Å². The second-order valence-corrected chi connectivity index (χ2v) is 9.06. The largest absolute Gasteiger partial charge is 0.495 e. The molecule has 1 fully saturated rings. The molecule has 2 aromatic heterocycles. The maximum atomic E-state index is 12.8. The first-order valence-corrected chi connectivity index (χ1v) is 11.5. The Labute approximate surface area is 208 Å². The fourth-order valence-corrected chi connectivity index (χ4v) is 3.88. The lowest BCUT2D eigenvalue weighted by Gasteiger charge is -2.27.